The van der Waals surface area contributed by atoms with Gasteiger partial charge in [0.1, 0.15) is 0 Å². The molecule has 0 radical (unpaired) electrons. The van der Waals surface area contributed by atoms with Crippen LogP contribution in [0.15, 0.2) is 41.8 Å². The summed E-state index contributed by atoms with van der Waals surface area (Å²) < 4.78 is 42.1. The molecule has 1 N–H and O–H groups in total. The predicted molar refractivity (Wildman–Crippen MR) is 82.3 cm³/mol. The summed E-state index contributed by atoms with van der Waals surface area (Å²) in [5.41, 5.74) is -0.403. The van der Waals surface area contributed by atoms with E-state index >= 15 is 0 Å². The van der Waals surface area contributed by atoms with Crippen molar-refractivity contribution in [2.75, 3.05) is 6.61 Å². The normalized spacial score (nSPS) is 11.1. The maximum Gasteiger partial charge on any atom is 0.416 e. The number of hydrogen-bond donors (Lipinski definition) is 1. The summed E-state index contributed by atoms with van der Waals surface area (Å²) in [6, 6.07) is 7.94. The van der Waals surface area contributed by atoms with Crippen molar-refractivity contribution in [2.45, 2.75) is 19.1 Å². The maximum absolute atomic E-state index is 12.4. The molecule has 0 fully saturated rings. The predicted octanol–water partition coefficient (Wildman–Crippen LogP) is 3.17. The third-order valence-corrected chi connectivity index (χ3v) is 3.91. The molecule has 1 amide bonds. The number of benzene rings is 1. The summed E-state index contributed by atoms with van der Waals surface area (Å²) in [5.74, 6) is -1.12. The molecule has 1 aromatic heterocycles. The molecule has 0 bridgehead atoms. The van der Waals surface area contributed by atoms with Crippen LogP contribution in [0.4, 0.5) is 13.2 Å². The third-order valence-electron chi connectivity index (χ3n) is 3.03. The molecule has 0 aliphatic heterocycles. The molecule has 0 saturated carbocycles. The highest BCUT2D eigenvalue weighted by atomic mass is 32.1. The Morgan fingerprint density at radius 2 is 1.83 bits per heavy atom. The Hall–Kier alpha value is -2.35. The highest BCUT2D eigenvalue weighted by Gasteiger charge is 2.29. The second-order valence-corrected chi connectivity index (χ2v) is 5.92. The van der Waals surface area contributed by atoms with Crippen LogP contribution in [-0.2, 0) is 33.5 Å². The number of hydrogen-bond acceptors (Lipinski definition) is 4. The first kappa shape index (κ1) is 18.0. The third kappa shape index (κ3) is 5.69. The molecule has 4 nitrogen and oxygen atoms in total. The Morgan fingerprint density at radius 3 is 2.42 bits per heavy atom. The monoisotopic (exact) mass is 357 g/mol. The Bertz CT molecular complexity index is 682. The quantitative estimate of drug-likeness (QED) is 0.808. The van der Waals surface area contributed by atoms with Crippen molar-refractivity contribution in [1.29, 1.82) is 0 Å². The molecule has 0 spiro atoms. The summed E-state index contributed by atoms with van der Waals surface area (Å²) in [4.78, 5) is 24.1. The Morgan fingerprint density at radius 1 is 1.12 bits per heavy atom. The van der Waals surface area contributed by atoms with E-state index in [1.165, 1.54) is 23.5 Å². The van der Waals surface area contributed by atoms with E-state index in [-0.39, 0.29) is 6.42 Å². The van der Waals surface area contributed by atoms with Gasteiger partial charge in [0.25, 0.3) is 5.91 Å². The number of amides is 1. The van der Waals surface area contributed by atoms with Gasteiger partial charge in [-0.2, -0.15) is 13.2 Å². The number of rotatable bonds is 6. The highest BCUT2D eigenvalue weighted by molar-refractivity contribution is 7.09. The first-order valence-corrected chi connectivity index (χ1v) is 7.83. The molecule has 0 aliphatic rings. The summed E-state index contributed by atoms with van der Waals surface area (Å²) >= 11 is 1.49. The molecule has 1 heterocycles. The fraction of sp³-hybridized carbons (Fsp3) is 0.250. The van der Waals surface area contributed by atoms with Gasteiger partial charge in [-0.15, -0.1) is 11.3 Å². The minimum Gasteiger partial charge on any atom is -0.455 e. The van der Waals surface area contributed by atoms with Gasteiger partial charge in [0.2, 0.25) is 0 Å². The molecule has 2 aromatic rings. The van der Waals surface area contributed by atoms with Crippen LogP contribution in [0.25, 0.3) is 0 Å². The highest BCUT2D eigenvalue weighted by Crippen LogP contribution is 2.29. The van der Waals surface area contributed by atoms with E-state index in [1.54, 1.807) is 0 Å². The summed E-state index contributed by atoms with van der Waals surface area (Å²) in [7, 11) is 0. The molecule has 8 heteroatoms. The minimum atomic E-state index is -4.42. The van der Waals surface area contributed by atoms with Crippen LogP contribution in [0, 0.1) is 0 Å². The number of alkyl halides is 3. The van der Waals surface area contributed by atoms with Gasteiger partial charge in [0.05, 0.1) is 18.5 Å². The largest absolute Gasteiger partial charge is 0.455 e. The van der Waals surface area contributed by atoms with Gasteiger partial charge in [0, 0.05) is 4.88 Å². The van der Waals surface area contributed by atoms with E-state index < -0.39 is 30.2 Å². The van der Waals surface area contributed by atoms with Crippen molar-refractivity contribution in [3.8, 4) is 0 Å². The van der Waals surface area contributed by atoms with Crippen LogP contribution in [0.3, 0.4) is 0 Å². The van der Waals surface area contributed by atoms with Gasteiger partial charge in [-0.1, -0.05) is 18.2 Å². The van der Waals surface area contributed by atoms with Gasteiger partial charge in [-0.05, 0) is 29.1 Å². The Labute approximate surface area is 140 Å². The average Bonchev–Trinajstić information content (AvgIpc) is 3.04. The van der Waals surface area contributed by atoms with E-state index in [4.69, 9.17) is 4.74 Å². The number of carbonyl (C=O) groups is 2. The van der Waals surface area contributed by atoms with Crippen LogP contribution in [0.5, 0.6) is 0 Å². The zero-order valence-electron chi connectivity index (χ0n) is 12.4. The number of halogens is 3. The van der Waals surface area contributed by atoms with E-state index in [2.05, 4.69) is 5.32 Å². The molecule has 24 heavy (non-hydrogen) atoms. The fourth-order valence-electron chi connectivity index (χ4n) is 1.83. The smallest absolute Gasteiger partial charge is 0.416 e. The van der Waals surface area contributed by atoms with Crippen LogP contribution in [0.2, 0.25) is 0 Å². The summed E-state index contributed by atoms with van der Waals surface area (Å²) in [5, 5.41) is 4.48. The first-order valence-electron chi connectivity index (χ1n) is 6.95. The van der Waals surface area contributed by atoms with Gasteiger partial charge in [-0.25, -0.2) is 0 Å². The standard InChI is InChI=1S/C16H14F3NO3S/c17-16(18,19)12-5-3-11(4-6-12)8-15(22)23-10-14(21)20-9-13-2-1-7-24-13/h1-7H,8-10H2,(H,20,21). The van der Waals surface area contributed by atoms with Crippen molar-refractivity contribution in [1.82, 2.24) is 5.32 Å². The number of nitrogens with one attached hydrogen (secondary N) is 1. The van der Waals surface area contributed by atoms with E-state index in [0.29, 0.717) is 12.1 Å². The zero-order valence-corrected chi connectivity index (χ0v) is 13.2. The maximum atomic E-state index is 12.4. The summed E-state index contributed by atoms with van der Waals surface area (Å²) in [6.07, 6.45) is -4.62. The van der Waals surface area contributed by atoms with Crippen molar-refractivity contribution in [3.63, 3.8) is 0 Å². The van der Waals surface area contributed by atoms with Crippen LogP contribution in [0.1, 0.15) is 16.0 Å². The SMILES string of the molecule is O=C(COC(=O)Cc1ccc(C(F)(F)F)cc1)NCc1cccs1. The van der Waals surface area contributed by atoms with Crippen molar-refractivity contribution in [2.24, 2.45) is 0 Å². The first-order chi connectivity index (χ1) is 11.3. The molecule has 1 aromatic carbocycles. The van der Waals surface area contributed by atoms with Gasteiger partial charge in [-0.3, -0.25) is 9.59 Å². The molecular formula is C16H14F3NO3S. The van der Waals surface area contributed by atoms with Gasteiger partial charge < -0.3 is 10.1 Å². The Kier molecular flexibility index (Phi) is 5.97. The lowest BCUT2D eigenvalue weighted by Gasteiger charge is -2.08. The Balaban J connectivity index is 1.73. The second-order valence-electron chi connectivity index (χ2n) is 4.89. The zero-order chi connectivity index (χ0) is 17.6. The van der Waals surface area contributed by atoms with Crippen molar-refractivity contribution in [3.05, 3.63) is 57.8 Å². The lowest BCUT2D eigenvalue weighted by Crippen LogP contribution is -2.28. The average molecular weight is 357 g/mol. The van der Waals surface area contributed by atoms with Crippen molar-refractivity contribution < 1.29 is 27.5 Å². The number of ether oxygens (including phenoxy) is 1. The van der Waals surface area contributed by atoms with Crippen molar-refractivity contribution >= 4 is 23.2 Å². The second kappa shape index (κ2) is 7.96. The van der Waals surface area contributed by atoms with Crippen LogP contribution >= 0.6 is 11.3 Å². The number of thiophene rings is 1. The number of esters is 1. The molecule has 0 atom stereocenters. The van der Waals surface area contributed by atoms with Gasteiger partial charge in [0.15, 0.2) is 6.61 Å². The molecule has 0 unspecified atom stereocenters. The van der Waals surface area contributed by atoms with E-state index in [9.17, 15) is 22.8 Å². The lowest BCUT2D eigenvalue weighted by molar-refractivity contribution is -0.147. The topological polar surface area (TPSA) is 55.4 Å². The minimum absolute atomic E-state index is 0.198. The fourth-order valence-corrected chi connectivity index (χ4v) is 2.47. The lowest BCUT2D eigenvalue weighted by atomic mass is 10.1. The molecule has 128 valence electrons. The van der Waals surface area contributed by atoms with Crippen LogP contribution < -0.4 is 5.32 Å². The number of carbonyl (C=O) groups excluding carboxylic acids is 2. The molecule has 2 rings (SSSR count). The van der Waals surface area contributed by atoms with E-state index in [0.717, 1.165) is 17.0 Å². The van der Waals surface area contributed by atoms with E-state index in [1.807, 2.05) is 17.5 Å². The summed E-state index contributed by atoms with van der Waals surface area (Å²) in [6.45, 7) is -0.0716. The molecule has 0 aliphatic carbocycles. The van der Waals surface area contributed by atoms with Gasteiger partial charge >= 0.3 is 12.1 Å². The van der Waals surface area contributed by atoms with Crippen LogP contribution in [-0.4, -0.2) is 18.5 Å². The molecule has 0 saturated heterocycles. The molecular weight excluding hydrogens is 343 g/mol.